The number of rotatable bonds is 3. The van der Waals surface area contributed by atoms with Gasteiger partial charge >= 0.3 is 5.97 Å². The largest absolute Gasteiger partial charge is 0.468 e. The fraction of sp³-hybridized carbons (Fsp3) is 0.471. The van der Waals surface area contributed by atoms with E-state index in [1.165, 1.54) is 18.9 Å². The number of carbonyl (C=O) groups is 3. The van der Waals surface area contributed by atoms with Gasteiger partial charge in [0.1, 0.15) is 5.25 Å². The number of ether oxygens (including phenoxy) is 1. The Morgan fingerprint density at radius 2 is 2.12 bits per heavy atom. The van der Waals surface area contributed by atoms with E-state index in [0.29, 0.717) is 37.4 Å². The molecular formula is C17H20N2O4S. The molecule has 2 saturated heterocycles. The van der Waals surface area contributed by atoms with Gasteiger partial charge < -0.3 is 14.5 Å². The molecule has 2 fully saturated rings. The number of carbonyl (C=O) groups excluding carboxylic acids is 3. The summed E-state index contributed by atoms with van der Waals surface area (Å²) in [5.41, 5.74) is 1.31. The van der Waals surface area contributed by atoms with Crippen molar-refractivity contribution in [3.8, 4) is 0 Å². The quantitative estimate of drug-likeness (QED) is 0.775. The molecule has 2 heterocycles. The first kappa shape index (κ1) is 16.8. The molecule has 0 saturated carbocycles. The SMILES string of the molecule is COC(=O)[C@H]1CN(C(=O)c2cccc(N3CCCC3=O)c2)CCS1. The van der Waals surface area contributed by atoms with Gasteiger partial charge in [-0.15, -0.1) is 11.8 Å². The van der Waals surface area contributed by atoms with Crippen LogP contribution in [0.2, 0.25) is 0 Å². The van der Waals surface area contributed by atoms with Crippen LogP contribution < -0.4 is 4.90 Å². The highest BCUT2D eigenvalue weighted by Gasteiger charge is 2.30. The van der Waals surface area contributed by atoms with Gasteiger partial charge in [0.25, 0.3) is 5.91 Å². The minimum Gasteiger partial charge on any atom is -0.468 e. The molecule has 0 radical (unpaired) electrons. The molecule has 2 amide bonds. The molecule has 0 unspecified atom stereocenters. The van der Waals surface area contributed by atoms with Gasteiger partial charge in [-0.2, -0.15) is 0 Å². The predicted molar refractivity (Wildman–Crippen MR) is 92.2 cm³/mol. The first-order chi connectivity index (χ1) is 11.6. The standard InChI is InChI=1S/C17H20N2O4S/c1-23-17(22)14-11-18(8-9-24-14)16(21)12-4-2-5-13(10-12)19-7-3-6-15(19)20/h2,4-5,10,14H,3,6-9,11H2,1H3/t14-/m1/s1. The van der Waals surface area contributed by atoms with Crippen molar-refractivity contribution in [1.82, 2.24) is 4.90 Å². The van der Waals surface area contributed by atoms with Gasteiger partial charge in [0, 0.05) is 43.1 Å². The third kappa shape index (κ3) is 3.40. The minimum atomic E-state index is -0.337. The number of benzene rings is 1. The third-order valence-electron chi connectivity index (χ3n) is 4.30. The van der Waals surface area contributed by atoms with Crippen LogP contribution in [0.3, 0.4) is 0 Å². The van der Waals surface area contributed by atoms with Gasteiger partial charge in [-0.3, -0.25) is 14.4 Å². The Labute approximate surface area is 145 Å². The fourth-order valence-corrected chi connectivity index (χ4v) is 4.15. The normalized spacial score (nSPS) is 21.0. The lowest BCUT2D eigenvalue weighted by Gasteiger charge is -2.31. The van der Waals surface area contributed by atoms with Gasteiger partial charge in [0.2, 0.25) is 5.91 Å². The highest BCUT2D eigenvalue weighted by atomic mass is 32.2. The molecule has 0 spiro atoms. The summed E-state index contributed by atoms with van der Waals surface area (Å²) >= 11 is 1.51. The zero-order valence-corrected chi connectivity index (χ0v) is 14.4. The smallest absolute Gasteiger partial charge is 0.320 e. The van der Waals surface area contributed by atoms with E-state index < -0.39 is 0 Å². The number of hydrogen-bond acceptors (Lipinski definition) is 5. The monoisotopic (exact) mass is 348 g/mol. The molecule has 2 aliphatic heterocycles. The fourth-order valence-electron chi connectivity index (χ4n) is 3.02. The maximum absolute atomic E-state index is 12.8. The van der Waals surface area contributed by atoms with Crippen molar-refractivity contribution in [1.29, 1.82) is 0 Å². The van der Waals surface area contributed by atoms with Crippen LogP contribution in [0.15, 0.2) is 24.3 Å². The Balaban J connectivity index is 1.75. The van der Waals surface area contributed by atoms with E-state index in [9.17, 15) is 14.4 Å². The Hall–Kier alpha value is -2.02. The number of anilines is 1. The number of amides is 2. The summed E-state index contributed by atoms with van der Waals surface area (Å²) in [5, 5.41) is -0.337. The number of methoxy groups -OCH3 is 1. The van der Waals surface area contributed by atoms with Gasteiger partial charge in [-0.1, -0.05) is 6.07 Å². The molecule has 1 atom stereocenters. The molecule has 128 valence electrons. The third-order valence-corrected chi connectivity index (χ3v) is 5.46. The average molecular weight is 348 g/mol. The minimum absolute atomic E-state index is 0.0970. The van der Waals surface area contributed by atoms with Crippen LogP contribution in [0.25, 0.3) is 0 Å². The van der Waals surface area contributed by atoms with Crippen molar-refractivity contribution in [2.45, 2.75) is 18.1 Å². The molecule has 7 heteroatoms. The van der Waals surface area contributed by atoms with Crippen LogP contribution in [0, 0.1) is 0 Å². The zero-order chi connectivity index (χ0) is 17.1. The van der Waals surface area contributed by atoms with Crippen molar-refractivity contribution in [3.63, 3.8) is 0 Å². The zero-order valence-electron chi connectivity index (χ0n) is 13.6. The number of thioether (sulfide) groups is 1. The molecule has 1 aromatic rings. The van der Waals surface area contributed by atoms with Crippen LogP contribution in [0.1, 0.15) is 23.2 Å². The van der Waals surface area contributed by atoms with Gasteiger partial charge in [-0.25, -0.2) is 0 Å². The molecule has 0 N–H and O–H groups in total. The predicted octanol–water partition coefficient (Wildman–Crippen LogP) is 1.54. The second-order valence-electron chi connectivity index (χ2n) is 5.83. The lowest BCUT2D eigenvalue weighted by molar-refractivity contribution is -0.140. The average Bonchev–Trinajstić information content (AvgIpc) is 3.06. The van der Waals surface area contributed by atoms with Crippen molar-refractivity contribution in [2.75, 3.05) is 37.4 Å². The molecule has 0 bridgehead atoms. The summed E-state index contributed by atoms with van der Waals surface area (Å²) < 4.78 is 4.78. The van der Waals surface area contributed by atoms with E-state index in [1.807, 2.05) is 6.07 Å². The summed E-state index contributed by atoms with van der Waals surface area (Å²) in [7, 11) is 1.36. The molecule has 24 heavy (non-hydrogen) atoms. The van der Waals surface area contributed by atoms with Gasteiger partial charge in [-0.05, 0) is 24.6 Å². The van der Waals surface area contributed by atoms with E-state index in [2.05, 4.69) is 0 Å². The molecule has 2 aliphatic rings. The summed E-state index contributed by atoms with van der Waals surface area (Å²) in [6.45, 7) is 1.65. The maximum atomic E-state index is 12.8. The first-order valence-electron chi connectivity index (χ1n) is 7.99. The summed E-state index contributed by atoms with van der Waals surface area (Å²) in [5.74, 6) is 0.391. The molecule has 0 aliphatic carbocycles. The number of nitrogens with zero attached hydrogens (tertiary/aromatic N) is 2. The Morgan fingerprint density at radius 3 is 2.83 bits per heavy atom. The molecule has 0 aromatic heterocycles. The molecule has 3 rings (SSSR count). The second-order valence-corrected chi connectivity index (χ2v) is 7.14. The van der Waals surface area contributed by atoms with E-state index in [0.717, 1.165) is 12.1 Å². The van der Waals surface area contributed by atoms with E-state index in [4.69, 9.17) is 4.74 Å². The maximum Gasteiger partial charge on any atom is 0.320 e. The van der Waals surface area contributed by atoms with Crippen LogP contribution in [0.5, 0.6) is 0 Å². The van der Waals surface area contributed by atoms with Gasteiger partial charge in [0.05, 0.1) is 7.11 Å². The van der Waals surface area contributed by atoms with E-state index >= 15 is 0 Å². The molecule has 6 nitrogen and oxygen atoms in total. The van der Waals surface area contributed by atoms with Crippen molar-refractivity contribution in [3.05, 3.63) is 29.8 Å². The lowest BCUT2D eigenvalue weighted by atomic mass is 10.1. The van der Waals surface area contributed by atoms with Gasteiger partial charge in [0.15, 0.2) is 0 Å². The van der Waals surface area contributed by atoms with Crippen LogP contribution >= 0.6 is 11.8 Å². The summed E-state index contributed by atoms with van der Waals surface area (Å²) in [4.78, 5) is 39.8. The van der Waals surface area contributed by atoms with Crippen molar-refractivity contribution >= 4 is 35.2 Å². The number of hydrogen-bond donors (Lipinski definition) is 0. The summed E-state index contributed by atoms with van der Waals surface area (Å²) in [6.07, 6.45) is 1.41. The van der Waals surface area contributed by atoms with Crippen molar-refractivity contribution < 1.29 is 19.1 Å². The first-order valence-corrected chi connectivity index (χ1v) is 9.04. The number of esters is 1. The molecular weight excluding hydrogens is 328 g/mol. The Bertz CT molecular complexity index is 664. The van der Waals surface area contributed by atoms with E-state index in [1.54, 1.807) is 28.0 Å². The highest BCUT2D eigenvalue weighted by Crippen LogP contribution is 2.25. The van der Waals surface area contributed by atoms with E-state index in [-0.39, 0.29) is 23.0 Å². The van der Waals surface area contributed by atoms with Crippen LogP contribution in [0.4, 0.5) is 5.69 Å². The topological polar surface area (TPSA) is 66.9 Å². The van der Waals surface area contributed by atoms with Crippen molar-refractivity contribution in [2.24, 2.45) is 0 Å². The second kappa shape index (κ2) is 7.25. The molecule has 1 aromatic carbocycles. The lowest BCUT2D eigenvalue weighted by Crippen LogP contribution is -2.45. The Kier molecular flexibility index (Phi) is 5.08. The summed E-state index contributed by atoms with van der Waals surface area (Å²) in [6, 6.07) is 7.16. The highest BCUT2D eigenvalue weighted by molar-refractivity contribution is 8.00. The van der Waals surface area contributed by atoms with Crippen LogP contribution in [-0.4, -0.2) is 60.4 Å². The van der Waals surface area contributed by atoms with Crippen LogP contribution in [-0.2, 0) is 14.3 Å². The Morgan fingerprint density at radius 1 is 1.29 bits per heavy atom.